The topological polar surface area (TPSA) is 19.9 Å². The molecule has 0 saturated heterocycles. The van der Waals surface area contributed by atoms with Crippen molar-refractivity contribution in [3.8, 4) is 5.75 Å². The van der Waals surface area contributed by atoms with Crippen LogP contribution < -0.4 is 0 Å². The maximum Gasteiger partial charge on any atom is 0.214 e. The van der Waals surface area contributed by atoms with Gasteiger partial charge in [0, 0.05) is 0 Å². The van der Waals surface area contributed by atoms with E-state index in [0.717, 1.165) is 5.56 Å². The van der Waals surface area contributed by atoms with Crippen LogP contribution in [0, 0.1) is 19.7 Å². The Bertz CT molecular complexity index is 232. The third-order valence-electron chi connectivity index (χ3n) is 1.37. The van der Waals surface area contributed by atoms with Gasteiger partial charge in [-0.2, -0.15) is 0 Å². The van der Waals surface area contributed by atoms with Crippen molar-refractivity contribution in [3.05, 3.63) is 29.1 Å². The second-order valence-electron chi connectivity index (χ2n) is 2.39. The van der Waals surface area contributed by atoms with Crippen molar-refractivity contribution in [3.63, 3.8) is 0 Å². The van der Waals surface area contributed by atoms with Gasteiger partial charge in [0.1, 0.15) is 0 Å². The van der Waals surface area contributed by atoms with Crippen LogP contribution in [0.2, 0.25) is 0 Å². The van der Waals surface area contributed by atoms with Crippen LogP contribution in [0.3, 0.4) is 0 Å². The SMILES string of the molecule is Cc1cc(C)c(F)c([O])c1. The lowest BCUT2D eigenvalue weighted by Gasteiger charge is -1.97. The van der Waals surface area contributed by atoms with Crippen molar-refractivity contribution in [1.82, 2.24) is 0 Å². The van der Waals surface area contributed by atoms with E-state index in [1.807, 2.05) is 0 Å². The molecule has 0 heterocycles. The molecule has 1 aromatic rings. The molecule has 0 spiro atoms. The number of benzene rings is 1. The summed E-state index contributed by atoms with van der Waals surface area (Å²) in [5.74, 6) is -1.15. The highest BCUT2D eigenvalue weighted by atomic mass is 19.1. The molecule has 10 heavy (non-hydrogen) atoms. The lowest BCUT2D eigenvalue weighted by atomic mass is 10.1. The summed E-state index contributed by atoms with van der Waals surface area (Å²) in [4.78, 5) is 0. The van der Waals surface area contributed by atoms with Crippen LogP contribution in [0.4, 0.5) is 4.39 Å². The lowest BCUT2D eigenvalue weighted by molar-refractivity contribution is 0.328. The first-order valence-corrected chi connectivity index (χ1v) is 3.05. The van der Waals surface area contributed by atoms with Crippen LogP contribution in [0.25, 0.3) is 0 Å². The zero-order chi connectivity index (χ0) is 7.72. The zero-order valence-corrected chi connectivity index (χ0v) is 5.94. The molecule has 0 bridgehead atoms. The summed E-state index contributed by atoms with van der Waals surface area (Å²) in [5.41, 5.74) is 1.23. The zero-order valence-electron chi connectivity index (χ0n) is 5.94. The molecule has 0 aliphatic heterocycles. The Morgan fingerprint density at radius 3 is 2.40 bits per heavy atom. The second kappa shape index (κ2) is 2.29. The summed E-state index contributed by atoms with van der Waals surface area (Å²) >= 11 is 0. The standard InChI is InChI=1S/C8H8FO/c1-5-3-6(2)8(9)7(10)4-5/h3-4H,1-2H3. The van der Waals surface area contributed by atoms with Crippen LogP contribution in [-0.4, -0.2) is 0 Å². The van der Waals surface area contributed by atoms with Crippen molar-refractivity contribution >= 4 is 0 Å². The minimum atomic E-state index is -0.634. The van der Waals surface area contributed by atoms with Gasteiger partial charge in [0.15, 0.2) is 5.82 Å². The minimum Gasteiger partial charge on any atom is -0.287 e. The Balaban J connectivity index is 3.31. The summed E-state index contributed by atoms with van der Waals surface area (Å²) in [5, 5.41) is 10.7. The molecule has 1 nitrogen and oxygen atoms in total. The first kappa shape index (κ1) is 7.06. The highest BCUT2D eigenvalue weighted by molar-refractivity contribution is 5.33. The van der Waals surface area contributed by atoms with Crippen LogP contribution in [0.5, 0.6) is 5.75 Å². The first-order chi connectivity index (χ1) is 4.61. The lowest BCUT2D eigenvalue weighted by Crippen LogP contribution is -1.83. The molecule has 0 saturated carbocycles. The first-order valence-electron chi connectivity index (χ1n) is 3.05. The van der Waals surface area contributed by atoms with E-state index in [0.29, 0.717) is 5.56 Å². The summed E-state index contributed by atoms with van der Waals surface area (Å²) in [7, 11) is 0. The molecule has 0 aromatic heterocycles. The van der Waals surface area contributed by atoms with Gasteiger partial charge in [-0.25, -0.2) is 4.39 Å². The summed E-state index contributed by atoms with van der Waals surface area (Å²) in [6.07, 6.45) is 0. The van der Waals surface area contributed by atoms with E-state index in [9.17, 15) is 9.50 Å². The van der Waals surface area contributed by atoms with Gasteiger partial charge in [0.2, 0.25) is 5.75 Å². The molecule has 0 fully saturated rings. The number of rotatable bonds is 0. The van der Waals surface area contributed by atoms with Gasteiger partial charge in [0.25, 0.3) is 0 Å². The molecule has 1 radical (unpaired) electrons. The van der Waals surface area contributed by atoms with Crippen molar-refractivity contribution in [2.45, 2.75) is 13.8 Å². The molecular formula is C8H8FO. The molecule has 0 unspecified atom stereocenters. The quantitative estimate of drug-likeness (QED) is 0.526. The molecule has 1 rings (SSSR count). The molecule has 0 N–H and O–H groups in total. The summed E-state index contributed by atoms with van der Waals surface area (Å²) < 4.78 is 12.6. The Morgan fingerprint density at radius 1 is 1.30 bits per heavy atom. The monoisotopic (exact) mass is 139 g/mol. The predicted molar refractivity (Wildman–Crippen MR) is 36.0 cm³/mol. The number of aryl methyl sites for hydroxylation is 2. The van der Waals surface area contributed by atoms with Gasteiger partial charge in [-0.3, -0.25) is 5.11 Å². The Kier molecular flexibility index (Phi) is 1.62. The number of hydrogen-bond donors (Lipinski definition) is 0. The highest BCUT2D eigenvalue weighted by Crippen LogP contribution is 2.20. The second-order valence-corrected chi connectivity index (χ2v) is 2.39. The Hall–Kier alpha value is -1.05. The number of halogens is 1. The average Bonchev–Trinajstić information content (AvgIpc) is 1.82. The Labute approximate surface area is 59.1 Å². The maximum absolute atomic E-state index is 12.6. The van der Waals surface area contributed by atoms with Gasteiger partial charge in [-0.05, 0) is 31.0 Å². The minimum absolute atomic E-state index is 0.421. The van der Waals surface area contributed by atoms with E-state index in [1.165, 1.54) is 6.07 Å². The molecule has 0 amide bonds. The molecule has 0 aliphatic carbocycles. The van der Waals surface area contributed by atoms with Crippen LogP contribution in [-0.2, 0) is 5.11 Å². The van der Waals surface area contributed by atoms with Crippen molar-refractivity contribution in [2.24, 2.45) is 0 Å². The van der Waals surface area contributed by atoms with E-state index in [4.69, 9.17) is 0 Å². The van der Waals surface area contributed by atoms with Crippen LogP contribution in [0.1, 0.15) is 11.1 Å². The van der Waals surface area contributed by atoms with Gasteiger partial charge in [-0.1, -0.05) is 6.07 Å². The summed E-state index contributed by atoms with van der Waals surface area (Å²) in [6.45, 7) is 3.36. The molecule has 1 aromatic carbocycles. The van der Waals surface area contributed by atoms with Crippen molar-refractivity contribution in [1.29, 1.82) is 0 Å². The van der Waals surface area contributed by atoms with Crippen molar-refractivity contribution < 1.29 is 9.50 Å². The normalized spacial score (nSPS) is 9.90. The fourth-order valence-corrected chi connectivity index (χ4v) is 0.911. The highest BCUT2D eigenvalue weighted by Gasteiger charge is 2.05. The van der Waals surface area contributed by atoms with Gasteiger partial charge >= 0.3 is 0 Å². The molecule has 0 atom stereocenters. The van der Waals surface area contributed by atoms with Gasteiger partial charge in [0.05, 0.1) is 0 Å². The molecular weight excluding hydrogens is 131 g/mol. The Morgan fingerprint density at radius 2 is 1.90 bits per heavy atom. The van der Waals surface area contributed by atoms with E-state index in [1.54, 1.807) is 19.9 Å². The predicted octanol–water partition coefficient (Wildman–Crippen LogP) is 2.59. The smallest absolute Gasteiger partial charge is 0.214 e. The van der Waals surface area contributed by atoms with Crippen molar-refractivity contribution in [2.75, 3.05) is 0 Å². The largest absolute Gasteiger partial charge is 0.287 e. The van der Waals surface area contributed by atoms with Crippen LogP contribution >= 0.6 is 0 Å². The fourth-order valence-electron chi connectivity index (χ4n) is 0.911. The van der Waals surface area contributed by atoms with E-state index in [-0.39, 0.29) is 0 Å². The summed E-state index contributed by atoms with van der Waals surface area (Å²) in [6, 6.07) is 2.94. The van der Waals surface area contributed by atoms with Gasteiger partial charge in [-0.15, -0.1) is 0 Å². The van der Waals surface area contributed by atoms with E-state index >= 15 is 0 Å². The maximum atomic E-state index is 12.6. The van der Waals surface area contributed by atoms with E-state index < -0.39 is 11.6 Å². The van der Waals surface area contributed by atoms with E-state index in [2.05, 4.69) is 0 Å². The fraction of sp³-hybridized carbons (Fsp3) is 0.250. The van der Waals surface area contributed by atoms with Crippen LogP contribution in [0.15, 0.2) is 12.1 Å². The number of hydrogen-bond acceptors (Lipinski definition) is 0. The molecule has 53 valence electrons. The van der Waals surface area contributed by atoms with Gasteiger partial charge < -0.3 is 0 Å². The average molecular weight is 139 g/mol. The third kappa shape index (κ3) is 1.10. The molecule has 2 heteroatoms. The third-order valence-corrected chi connectivity index (χ3v) is 1.37. The molecule has 0 aliphatic rings.